The quantitative estimate of drug-likeness (QED) is 0.873. The van der Waals surface area contributed by atoms with Crippen molar-refractivity contribution in [2.45, 2.75) is 0 Å². The lowest BCUT2D eigenvalue weighted by molar-refractivity contribution is 0.593. The van der Waals surface area contributed by atoms with Gasteiger partial charge in [0.25, 0.3) is 0 Å². The molecule has 17 heavy (non-hydrogen) atoms. The van der Waals surface area contributed by atoms with Crippen molar-refractivity contribution in [1.82, 2.24) is 0 Å². The fourth-order valence-electron chi connectivity index (χ4n) is 1.02. The van der Waals surface area contributed by atoms with Gasteiger partial charge in [0.05, 0.1) is 17.2 Å². The van der Waals surface area contributed by atoms with Crippen LogP contribution in [0.25, 0.3) is 0 Å². The third-order valence-corrected chi connectivity index (χ3v) is 5.03. The van der Waals surface area contributed by atoms with Crippen LogP contribution in [0.5, 0.6) is 0 Å². The van der Waals surface area contributed by atoms with Crippen molar-refractivity contribution in [2.24, 2.45) is 0 Å². The zero-order valence-electron chi connectivity index (χ0n) is 9.05. The van der Waals surface area contributed by atoms with Crippen LogP contribution >= 0.6 is 15.9 Å². The molecule has 1 N–H and O–H groups in total. The van der Waals surface area contributed by atoms with Gasteiger partial charge in [0.2, 0.25) is 10.0 Å². The number of halogens is 1. The minimum Gasteiger partial charge on any atom is -0.282 e. The molecule has 0 saturated carbocycles. The van der Waals surface area contributed by atoms with Gasteiger partial charge < -0.3 is 0 Å². The zero-order valence-corrected chi connectivity index (χ0v) is 12.3. The lowest BCUT2D eigenvalue weighted by Crippen LogP contribution is -2.22. The van der Waals surface area contributed by atoms with Gasteiger partial charge in [0, 0.05) is 10.7 Å². The van der Waals surface area contributed by atoms with Crippen LogP contribution in [-0.2, 0) is 19.9 Å². The van der Waals surface area contributed by atoms with Crippen molar-refractivity contribution >= 4 is 41.5 Å². The fraction of sp³-hybridized carbons (Fsp3) is 0.333. The first-order valence-electron chi connectivity index (χ1n) is 4.62. The van der Waals surface area contributed by atoms with Crippen LogP contribution < -0.4 is 4.72 Å². The number of hydrogen-bond acceptors (Lipinski definition) is 4. The van der Waals surface area contributed by atoms with E-state index in [9.17, 15) is 16.8 Å². The highest BCUT2D eigenvalue weighted by molar-refractivity contribution is 9.10. The van der Waals surface area contributed by atoms with E-state index in [1.807, 2.05) is 0 Å². The molecule has 96 valence electrons. The lowest BCUT2D eigenvalue weighted by Gasteiger charge is -2.08. The maximum atomic E-state index is 11.6. The second kappa shape index (κ2) is 5.36. The van der Waals surface area contributed by atoms with E-state index in [0.717, 1.165) is 6.26 Å². The van der Waals surface area contributed by atoms with Gasteiger partial charge in [0.15, 0.2) is 0 Å². The summed E-state index contributed by atoms with van der Waals surface area (Å²) in [4.78, 5) is 0. The second-order valence-corrected chi connectivity index (χ2v) is 8.49. The number of benzene rings is 1. The summed E-state index contributed by atoms with van der Waals surface area (Å²) in [5, 5.41) is 0. The van der Waals surface area contributed by atoms with Crippen LogP contribution in [0.1, 0.15) is 0 Å². The van der Waals surface area contributed by atoms with Crippen molar-refractivity contribution in [3.05, 3.63) is 28.7 Å². The maximum Gasteiger partial charge on any atom is 0.233 e. The molecule has 8 heteroatoms. The summed E-state index contributed by atoms with van der Waals surface area (Å²) in [6.45, 7) is 0. The summed E-state index contributed by atoms with van der Waals surface area (Å²) in [6.07, 6.45) is 1.00. The lowest BCUT2D eigenvalue weighted by atomic mass is 10.3. The van der Waals surface area contributed by atoms with Crippen molar-refractivity contribution in [1.29, 1.82) is 0 Å². The van der Waals surface area contributed by atoms with E-state index in [1.165, 1.54) is 0 Å². The van der Waals surface area contributed by atoms with Gasteiger partial charge in [0.1, 0.15) is 9.84 Å². The summed E-state index contributed by atoms with van der Waals surface area (Å²) in [5.41, 5.74) is 0.390. The van der Waals surface area contributed by atoms with Crippen LogP contribution in [0.3, 0.4) is 0 Å². The molecular formula is C9H12BrNO4S2. The van der Waals surface area contributed by atoms with Crippen LogP contribution in [0.15, 0.2) is 28.7 Å². The summed E-state index contributed by atoms with van der Waals surface area (Å²) in [6, 6.07) is 6.70. The maximum absolute atomic E-state index is 11.6. The molecule has 1 aromatic rings. The minimum absolute atomic E-state index is 0.390. The normalized spacial score (nSPS) is 12.4. The number of sulfonamides is 1. The molecule has 0 spiro atoms. The molecule has 0 aliphatic rings. The Morgan fingerprint density at radius 1 is 1.12 bits per heavy atom. The van der Waals surface area contributed by atoms with Crippen LogP contribution in [0.4, 0.5) is 5.69 Å². The molecule has 0 bridgehead atoms. The smallest absolute Gasteiger partial charge is 0.233 e. The van der Waals surface area contributed by atoms with E-state index >= 15 is 0 Å². The summed E-state index contributed by atoms with van der Waals surface area (Å²) < 4.78 is 47.9. The van der Waals surface area contributed by atoms with Gasteiger partial charge in [-0.05, 0) is 28.1 Å². The van der Waals surface area contributed by atoms with E-state index in [0.29, 0.717) is 10.2 Å². The molecule has 0 amide bonds. The van der Waals surface area contributed by atoms with E-state index in [2.05, 4.69) is 20.7 Å². The molecule has 0 saturated heterocycles. The molecule has 0 heterocycles. The largest absolute Gasteiger partial charge is 0.282 e. The first kappa shape index (κ1) is 14.5. The standard InChI is InChI=1S/C9H12BrNO4S2/c1-16(12,13)6-7-17(14,15)11-9-5-3-2-4-8(9)10/h2-5,11H,6-7H2,1H3. The van der Waals surface area contributed by atoms with Crippen molar-refractivity contribution in [3.63, 3.8) is 0 Å². The molecule has 1 aromatic carbocycles. The van der Waals surface area contributed by atoms with Crippen molar-refractivity contribution in [2.75, 3.05) is 22.5 Å². The van der Waals surface area contributed by atoms with Gasteiger partial charge in [-0.25, -0.2) is 16.8 Å². The number of nitrogens with one attached hydrogen (secondary N) is 1. The third kappa shape index (κ3) is 5.51. The molecule has 0 aliphatic heterocycles. The summed E-state index contributed by atoms with van der Waals surface area (Å²) >= 11 is 3.19. The molecule has 0 fully saturated rings. The highest BCUT2D eigenvalue weighted by atomic mass is 79.9. The molecule has 0 aromatic heterocycles. The van der Waals surface area contributed by atoms with Gasteiger partial charge >= 0.3 is 0 Å². The van der Waals surface area contributed by atoms with Gasteiger partial charge in [-0.3, -0.25) is 4.72 Å². The van der Waals surface area contributed by atoms with Crippen LogP contribution in [0, 0.1) is 0 Å². The van der Waals surface area contributed by atoms with E-state index in [-0.39, 0.29) is 0 Å². The van der Waals surface area contributed by atoms with Gasteiger partial charge in [-0.2, -0.15) is 0 Å². The number of sulfone groups is 1. The van der Waals surface area contributed by atoms with Gasteiger partial charge in [-0.15, -0.1) is 0 Å². The molecular weight excluding hydrogens is 330 g/mol. The van der Waals surface area contributed by atoms with E-state index in [1.54, 1.807) is 24.3 Å². The second-order valence-electron chi connectivity index (χ2n) is 3.53. The molecule has 0 atom stereocenters. The van der Waals surface area contributed by atoms with Crippen LogP contribution in [0.2, 0.25) is 0 Å². The van der Waals surface area contributed by atoms with Gasteiger partial charge in [-0.1, -0.05) is 12.1 Å². The Balaban J connectivity index is 2.78. The number of anilines is 1. The molecule has 0 radical (unpaired) electrons. The van der Waals surface area contributed by atoms with Crippen molar-refractivity contribution < 1.29 is 16.8 Å². The molecule has 0 unspecified atom stereocenters. The Labute approximate surface area is 109 Å². The summed E-state index contributed by atoms with van der Waals surface area (Å²) in [7, 11) is -6.94. The monoisotopic (exact) mass is 341 g/mol. The third-order valence-electron chi connectivity index (χ3n) is 1.86. The average Bonchev–Trinajstić information content (AvgIpc) is 2.18. The Morgan fingerprint density at radius 3 is 2.24 bits per heavy atom. The Morgan fingerprint density at radius 2 is 1.71 bits per heavy atom. The molecule has 1 rings (SSSR count). The fourth-order valence-corrected chi connectivity index (χ4v) is 4.24. The Hall–Kier alpha value is -0.600. The highest BCUT2D eigenvalue weighted by Gasteiger charge is 2.15. The van der Waals surface area contributed by atoms with Crippen LogP contribution in [-0.4, -0.2) is 34.6 Å². The summed E-state index contributed by atoms with van der Waals surface area (Å²) in [5.74, 6) is -0.847. The average molecular weight is 342 g/mol. The predicted molar refractivity (Wildman–Crippen MR) is 71.3 cm³/mol. The highest BCUT2D eigenvalue weighted by Crippen LogP contribution is 2.22. The zero-order chi connectivity index (χ0) is 13.1. The van der Waals surface area contributed by atoms with Crippen molar-refractivity contribution in [3.8, 4) is 0 Å². The first-order chi connectivity index (χ1) is 7.70. The number of hydrogen-bond donors (Lipinski definition) is 1. The molecule has 5 nitrogen and oxygen atoms in total. The van der Waals surface area contributed by atoms with E-state index in [4.69, 9.17) is 0 Å². The van der Waals surface area contributed by atoms with E-state index < -0.39 is 31.4 Å². The Bertz CT molecular complexity index is 595. The number of rotatable bonds is 5. The molecule has 0 aliphatic carbocycles. The predicted octanol–water partition coefficient (Wildman–Crippen LogP) is 1.24. The topological polar surface area (TPSA) is 80.3 Å². The number of para-hydroxylation sites is 1. The minimum atomic E-state index is -3.65. The SMILES string of the molecule is CS(=O)(=O)CCS(=O)(=O)Nc1ccccc1Br. The Kier molecular flexibility index (Phi) is 4.56. The first-order valence-corrected chi connectivity index (χ1v) is 9.13.